The van der Waals surface area contributed by atoms with Crippen LogP contribution < -0.4 is 10.2 Å². The number of non-ortho nitro benzene ring substituents is 1. The zero-order valence-corrected chi connectivity index (χ0v) is 20.2. The maximum absolute atomic E-state index is 12.7. The number of aromatic nitrogens is 4. The minimum atomic E-state index is -0.415. The molecule has 1 amide bonds. The van der Waals surface area contributed by atoms with Gasteiger partial charge in [0.15, 0.2) is 17.0 Å². The summed E-state index contributed by atoms with van der Waals surface area (Å²) in [5, 5.41) is 16.1. The van der Waals surface area contributed by atoms with Crippen molar-refractivity contribution in [3.63, 3.8) is 0 Å². The van der Waals surface area contributed by atoms with Crippen LogP contribution in [0.1, 0.15) is 15.2 Å². The molecule has 12 heteroatoms. The molecule has 1 aliphatic heterocycles. The zero-order valence-electron chi connectivity index (χ0n) is 19.4. The molecule has 184 valence electrons. The second kappa shape index (κ2) is 10.1. The van der Waals surface area contributed by atoms with Gasteiger partial charge in [0.2, 0.25) is 5.95 Å². The lowest BCUT2D eigenvalue weighted by Crippen LogP contribution is -2.49. The number of hydrogen-bond donors (Lipinski definition) is 1. The number of imidazole rings is 1. The molecule has 0 spiro atoms. The largest absolute Gasteiger partial charge is 0.365 e. The molecular formula is C24H24N8O3S. The first-order valence-corrected chi connectivity index (χ1v) is 12.3. The summed E-state index contributed by atoms with van der Waals surface area (Å²) in [5.74, 6) is 1.22. The Balaban J connectivity index is 1.40. The molecule has 0 saturated carbocycles. The highest BCUT2D eigenvalue weighted by molar-refractivity contribution is 7.12. The van der Waals surface area contributed by atoms with Gasteiger partial charge in [-0.1, -0.05) is 24.3 Å². The van der Waals surface area contributed by atoms with Crippen LogP contribution in [0.25, 0.3) is 11.2 Å². The molecule has 0 unspecified atom stereocenters. The first-order valence-electron chi connectivity index (χ1n) is 11.4. The fourth-order valence-electron chi connectivity index (χ4n) is 4.07. The number of nitro groups is 1. The van der Waals surface area contributed by atoms with E-state index in [1.54, 1.807) is 24.5 Å². The summed E-state index contributed by atoms with van der Waals surface area (Å²) in [7, 11) is 0. The van der Waals surface area contributed by atoms with E-state index in [9.17, 15) is 14.9 Å². The van der Waals surface area contributed by atoms with E-state index in [0.29, 0.717) is 62.2 Å². The van der Waals surface area contributed by atoms with Gasteiger partial charge < -0.3 is 19.7 Å². The quantitative estimate of drug-likeness (QED) is 0.220. The molecule has 3 aromatic heterocycles. The number of nitrogens with one attached hydrogen (secondary N) is 1. The molecule has 0 aliphatic carbocycles. The minimum absolute atomic E-state index is 0.0477. The highest BCUT2D eigenvalue weighted by atomic mass is 32.1. The number of hydrogen-bond acceptors (Lipinski definition) is 9. The molecule has 0 bridgehead atoms. The number of fused-ring (bicyclic) bond motifs is 1. The molecule has 1 saturated heterocycles. The van der Waals surface area contributed by atoms with Crippen LogP contribution in [0.5, 0.6) is 0 Å². The SMILES string of the molecule is C=CCNc1nc(N2CCN(C(=O)c3cccs3)CC2)nc2c1ncn2Cc1ccc([N+](=O)[O-])cc1. The third-order valence-corrected chi connectivity index (χ3v) is 6.81. The zero-order chi connectivity index (χ0) is 25.1. The average molecular weight is 505 g/mol. The standard InChI is InChI=1S/C24H24N8O3S/c1-2-9-25-21-20-22(31(16-26-20)15-17-5-7-18(8-6-17)32(34)35)28-24(27-21)30-12-10-29(11-13-30)23(33)19-4-3-14-36-19/h2-8,14,16H,1,9-13,15H2,(H,25,27,28). The van der Waals surface area contributed by atoms with Gasteiger partial charge in [-0.05, 0) is 17.0 Å². The Morgan fingerprint density at radius 2 is 1.94 bits per heavy atom. The minimum Gasteiger partial charge on any atom is -0.365 e. The van der Waals surface area contributed by atoms with Crippen molar-refractivity contribution in [2.45, 2.75) is 6.54 Å². The van der Waals surface area contributed by atoms with Gasteiger partial charge in [0.05, 0.1) is 22.7 Å². The summed E-state index contributed by atoms with van der Waals surface area (Å²) in [6.07, 6.45) is 3.44. The van der Waals surface area contributed by atoms with Crippen LogP contribution in [0.4, 0.5) is 17.5 Å². The van der Waals surface area contributed by atoms with Crippen molar-refractivity contribution >= 4 is 45.9 Å². The lowest BCUT2D eigenvalue weighted by Gasteiger charge is -2.34. The average Bonchev–Trinajstić information content (AvgIpc) is 3.58. The predicted molar refractivity (Wildman–Crippen MR) is 139 cm³/mol. The maximum atomic E-state index is 12.7. The number of amides is 1. The van der Waals surface area contributed by atoms with E-state index in [4.69, 9.17) is 9.97 Å². The number of thiophene rings is 1. The second-order valence-electron chi connectivity index (χ2n) is 8.27. The Hall–Kier alpha value is -4.32. The molecule has 36 heavy (non-hydrogen) atoms. The van der Waals surface area contributed by atoms with Crippen LogP contribution in [0, 0.1) is 10.1 Å². The van der Waals surface area contributed by atoms with Gasteiger partial charge in [-0.25, -0.2) is 4.98 Å². The topological polar surface area (TPSA) is 122 Å². The van der Waals surface area contributed by atoms with Crippen LogP contribution in [-0.4, -0.2) is 68.0 Å². The number of rotatable bonds is 8. The molecule has 5 rings (SSSR count). The van der Waals surface area contributed by atoms with Gasteiger partial charge in [-0.2, -0.15) is 9.97 Å². The maximum Gasteiger partial charge on any atom is 0.269 e. The van der Waals surface area contributed by atoms with Crippen LogP contribution in [0.2, 0.25) is 0 Å². The fraction of sp³-hybridized carbons (Fsp3) is 0.250. The van der Waals surface area contributed by atoms with Crippen molar-refractivity contribution in [3.8, 4) is 0 Å². The van der Waals surface area contributed by atoms with E-state index in [1.165, 1.54) is 23.5 Å². The number of benzene rings is 1. The first-order chi connectivity index (χ1) is 17.5. The van der Waals surface area contributed by atoms with E-state index < -0.39 is 4.92 Å². The molecule has 11 nitrogen and oxygen atoms in total. The fourth-order valence-corrected chi connectivity index (χ4v) is 4.76. The van der Waals surface area contributed by atoms with Gasteiger partial charge in [0, 0.05) is 44.9 Å². The van der Waals surface area contributed by atoms with E-state index in [1.807, 2.05) is 27.0 Å². The summed E-state index contributed by atoms with van der Waals surface area (Å²) in [6.45, 7) is 7.12. The summed E-state index contributed by atoms with van der Waals surface area (Å²) < 4.78 is 1.90. The van der Waals surface area contributed by atoms with Crippen molar-refractivity contribution in [3.05, 3.63) is 81.3 Å². The van der Waals surface area contributed by atoms with Gasteiger partial charge in [-0.15, -0.1) is 17.9 Å². The molecule has 4 heterocycles. The highest BCUT2D eigenvalue weighted by Gasteiger charge is 2.25. The summed E-state index contributed by atoms with van der Waals surface area (Å²) >= 11 is 1.45. The van der Waals surface area contributed by atoms with Crippen molar-refractivity contribution in [2.75, 3.05) is 42.9 Å². The number of anilines is 2. The van der Waals surface area contributed by atoms with Crippen LogP contribution >= 0.6 is 11.3 Å². The number of carbonyl (C=O) groups excluding carboxylic acids is 1. The number of carbonyl (C=O) groups is 1. The Morgan fingerprint density at radius 1 is 1.17 bits per heavy atom. The molecule has 1 aromatic carbocycles. The second-order valence-corrected chi connectivity index (χ2v) is 9.21. The number of piperazine rings is 1. The monoisotopic (exact) mass is 504 g/mol. The van der Waals surface area contributed by atoms with E-state index >= 15 is 0 Å². The lowest BCUT2D eigenvalue weighted by atomic mass is 10.2. The van der Waals surface area contributed by atoms with Crippen molar-refractivity contribution < 1.29 is 9.72 Å². The van der Waals surface area contributed by atoms with Gasteiger partial charge in [0.1, 0.15) is 0 Å². The van der Waals surface area contributed by atoms with Crippen molar-refractivity contribution in [1.29, 1.82) is 0 Å². The highest BCUT2D eigenvalue weighted by Crippen LogP contribution is 2.25. The van der Waals surface area contributed by atoms with E-state index in [2.05, 4.69) is 21.8 Å². The van der Waals surface area contributed by atoms with Crippen molar-refractivity contribution in [1.82, 2.24) is 24.4 Å². The first kappa shape index (κ1) is 23.4. The molecular weight excluding hydrogens is 480 g/mol. The Labute approximate surface area is 210 Å². The normalized spacial score (nSPS) is 13.7. The predicted octanol–water partition coefficient (Wildman–Crippen LogP) is 3.40. The van der Waals surface area contributed by atoms with Crippen LogP contribution in [0.15, 0.2) is 60.8 Å². The lowest BCUT2D eigenvalue weighted by molar-refractivity contribution is -0.384. The van der Waals surface area contributed by atoms with Gasteiger partial charge in [0.25, 0.3) is 11.6 Å². The van der Waals surface area contributed by atoms with Crippen molar-refractivity contribution in [2.24, 2.45) is 0 Å². The number of nitro benzene ring substituents is 1. The summed E-state index contributed by atoms with van der Waals surface area (Å²) in [6, 6.07) is 10.2. The molecule has 4 aromatic rings. The molecule has 1 fully saturated rings. The van der Waals surface area contributed by atoms with Crippen LogP contribution in [0.3, 0.4) is 0 Å². The Morgan fingerprint density at radius 3 is 2.61 bits per heavy atom. The Kier molecular flexibility index (Phi) is 6.58. The molecule has 0 atom stereocenters. The third-order valence-electron chi connectivity index (χ3n) is 5.95. The number of nitrogens with zero attached hydrogens (tertiary/aromatic N) is 7. The smallest absolute Gasteiger partial charge is 0.269 e. The van der Waals surface area contributed by atoms with Crippen LogP contribution in [-0.2, 0) is 6.54 Å². The summed E-state index contributed by atoms with van der Waals surface area (Å²) in [5.41, 5.74) is 2.23. The van der Waals surface area contributed by atoms with E-state index in [0.717, 1.165) is 10.4 Å². The molecule has 0 radical (unpaired) electrons. The third kappa shape index (κ3) is 4.75. The summed E-state index contributed by atoms with van der Waals surface area (Å²) in [4.78, 5) is 42.0. The Bertz CT molecular complexity index is 1390. The van der Waals surface area contributed by atoms with Gasteiger partial charge in [-0.3, -0.25) is 14.9 Å². The molecule has 1 N–H and O–H groups in total. The molecule has 1 aliphatic rings. The van der Waals surface area contributed by atoms with Gasteiger partial charge >= 0.3 is 0 Å². The van der Waals surface area contributed by atoms with E-state index in [-0.39, 0.29) is 11.6 Å².